The molecule has 0 saturated heterocycles. The minimum absolute atomic E-state index is 0.177. The van der Waals surface area contributed by atoms with Crippen molar-refractivity contribution >= 4 is 11.6 Å². The minimum atomic E-state index is -0.200. The number of carbonyl (C=O) groups excluding carboxylic acids is 2. The second-order valence-corrected chi connectivity index (χ2v) is 4.48. The predicted octanol–water partition coefficient (Wildman–Crippen LogP) is 2.23. The van der Waals surface area contributed by atoms with Gasteiger partial charge in [0.2, 0.25) is 5.78 Å². The zero-order valence-electron chi connectivity index (χ0n) is 10.9. The van der Waals surface area contributed by atoms with Crippen LogP contribution in [0.4, 0.5) is 0 Å². The van der Waals surface area contributed by atoms with E-state index in [1.165, 1.54) is 12.3 Å². The Morgan fingerprint density at radius 3 is 2.50 bits per heavy atom. The highest BCUT2D eigenvalue weighted by Gasteiger charge is 2.25. The third-order valence-electron chi connectivity index (χ3n) is 3.27. The number of hydrogen-bond donors (Lipinski definition) is 1. The van der Waals surface area contributed by atoms with Crippen LogP contribution in [0.2, 0.25) is 0 Å². The predicted molar refractivity (Wildman–Crippen MR) is 75.5 cm³/mol. The second kappa shape index (κ2) is 4.74. The monoisotopic (exact) mass is 264 g/mol. The maximum atomic E-state index is 12.1. The summed E-state index contributed by atoms with van der Waals surface area (Å²) in [6, 6.07) is 11.2. The molecule has 3 rings (SSSR count). The van der Waals surface area contributed by atoms with Crippen molar-refractivity contribution in [3.63, 3.8) is 0 Å². The fraction of sp³-hybridized carbons (Fsp3) is 0.0625. The molecule has 0 amide bonds. The van der Waals surface area contributed by atoms with Gasteiger partial charge < -0.3 is 5.32 Å². The molecular formula is C16H12N2O2. The van der Waals surface area contributed by atoms with Crippen molar-refractivity contribution in [3.05, 3.63) is 65.5 Å². The molecule has 20 heavy (non-hydrogen) atoms. The number of ketones is 2. The summed E-state index contributed by atoms with van der Waals surface area (Å²) < 4.78 is 0. The molecule has 2 aromatic rings. The summed E-state index contributed by atoms with van der Waals surface area (Å²) in [6.45, 7) is 0. The van der Waals surface area contributed by atoms with Gasteiger partial charge in [-0.3, -0.25) is 14.6 Å². The van der Waals surface area contributed by atoms with Gasteiger partial charge in [0, 0.05) is 30.4 Å². The van der Waals surface area contributed by atoms with Crippen LogP contribution in [0.1, 0.15) is 20.7 Å². The molecule has 0 aliphatic heterocycles. The van der Waals surface area contributed by atoms with Gasteiger partial charge in [0.25, 0.3) is 0 Å². The number of nitrogens with zero attached hydrogens (tertiary/aromatic N) is 1. The Labute approximate surface area is 116 Å². The lowest BCUT2D eigenvalue weighted by Gasteiger charge is -2.15. The first-order valence-corrected chi connectivity index (χ1v) is 6.24. The molecule has 0 unspecified atom stereocenters. The first kappa shape index (κ1) is 12.3. The third kappa shape index (κ3) is 1.91. The molecule has 0 fully saturated rings. The molecular weight excluding hydrogens is 252 g/mol. The Hall–Kier alpha value is -2.75. The van der Waals surface area contributed by atoms with Gasteiger partial charge >= 0.3 is 0 Å². The van der Waals surface area contributed by atoms with Crippen molar-refractivity contribution in [1.82, 2.24) is 10.3 Å². The van der Waals surface area contributed by atoms with Gasteiger partial charge in [0.15, 0.2) is 5.78 Å². The Kier molecular flexibility index (Phi) is 2.91. The summed E-state index contributed by atoms with van der Waals surface area (Å²) in [5, 5.41) is 2.73. The van der Waals surface area contributed by atoms with E-state index in [2.05, 4.69) is 10.3 Å². The molecule has 1 aliphatic carbocycles. The van der Waals surface area contributed by atoms with Crippen molar-refractivity contribution in [3.8, 4) is 11.3 Å². The number of allylic oxidation sites excluding steroid dienone is 2. The molecule has 0 atom stereocenters. The lowest BCUT2D eigenvalue weighted by molar-refractivity contribution is 0.0979. The summed E-state index contributed by atoms with van der Waals surface area (Å²) >= 11 is 0. The van der Waals surface area contributed by atoms with Gasteiger partial charge in [-0.2, -0.15) is 0 Å². The van der Waals surface area contributed by atoms with Crippen LogP contribution in [-0.4, -0.2) is 23.6 Å². The molecule has 1 aromatic heterocycles. The number of rotatable bonds is 2. The van der Waals surface area contributed by atoms with Crippen LogP contribution in [0.15, 0.2) is 54.4 Å². The van der Waals surface area contributed by atoms with Crippen LogP contribution in [0.5, 0.6) is 0 Å². The summed E-state index contributed by atoms with van der Waals surface area (Å²) in [5.41, 5.74) is 2.66. The average Bonchev–Trinajstić information content (AvgIpc) is 2.51. The van der Waals surface area contributed by atoms with Gasteiger partial charge in [-0.05, 0) is 6.07 Å². The van der Waals surface area contributed by atoms with E-state index in [1.807, 2.05) is 30.3 Å². The number of hydrogen-bond acceptors (Lipinski definition) is 4. The molecule has 1 aromatic carbocycles. The molecule has 4 nitrogen and oxygen atoms in total. The quantitative estimate of drug-likeness (QED) is 0.903. The summed E-state index contributed by atoms with van der Waals surface area (Å²) in [4.78, 5) is 28.5. The van der Waals surface area contributed by atoms with Crippen LogP contribution in [0, 0.1) is 0 Å². The zero-order chi connectivity index (χ0) is 14.1. The lowest BCUT2D eigenvalue weighted by Crippen LogP contribution is -2.24. The first-order valence-electron chi connectivity index (χ1n) is 6.24. The van der Waals surface area contributed by atoms with E-state index in [0.29, 0.717) is 22.5 Å². The molecule has 1 aliphatic rings. The second-order valence-electron chi connectivity index (χ2n) is 4.48. The molecule has 1 heterocycles. The topological polar surface area (TPSA) is 59.1 Å². The van der Waals surface area contributed by atoms with E-state index in [-0.39, 0.29) is 11.6 Å². The summed E-state index contributed by atoms with van der Waals surface area (Å²) in [5.74, 6) is -0.377. The van der Waals surface area contributed by atoms with Crippen molar-refractivity contribution in [2.45, 2.75) is 0 Å². The van der Waals surface area contributed by atoms with Gasteiger partial charge in [-0.15, -0.1) is 0 Å². The molecule has 0 radical (unpaired) electrons. The van der Waals surface area contributed by atoms with Crippen molar-refractivity contribution in [1.29, 1.82) is 0 Å². The van der Waals surface area contributed by atoms with Crippen molar-refractivity contribution < 1.29 is 9.59 Å². The largest absolute Gasteiger partial charge is 0.385 e. The SMILES string of the molecule is CNC1=CC(=O)c2cc(-c3ccccc3)ncc2C1=O. The smallest absolute Gasteiger partial charge is 0.211 e. The molecule has 98 valence electrons. The molecule has 1 N–H and O–H groups in total. The van der Waals surface area contributed by atoms with Gasteiger partial charge in [0.05, 0.1) is 17.0 Å². The Morgan fingerprint density at radius 1 is 1.05 bits per heavy atom. The fourth-order valence-electron chi connectivity index (χ4n) is 2.21. The minimum Gasteiger partial charge on any atom is -0.385 e. The first-order chi connectivity index (χ1) is 9.70. The highest BCUT2D eigenvalue weighted by molar-refractivity contribution is 6.24. The number of carbonyl (C=O) groups is 2. The number of fused-ring (bicyclic) bond motifs is 1. The van der Waals surface area contributed by atoms with Gasteiger partial charge in [-0.25, -0.2) is 0 Å². The third-order valence-corrected chi connectivity index (χ3v) is 3.27. The van der Waals surface area contributed by atoms with Crippen LogP contribution in [0.3, 0.4) is 0 Å². The molecule has 0 spiro atoms. The van der Waals surface area contributed by atoms with E-state index in [1.54, 1.807) is 13.1 Å². The normalized spacial score (nSPS) is 13.8. The van der Waals surface area contributed by atoms with Crippen LogP contribution >= 0.6 is 0 Å². The highest BCUT2D eigenvalue weighted by Crippen LogP contribution is 2.24. The van der Waals surface area contributed by atoms with E-state index < -0.39 is 0 Å². The molecule has 0 saturated carbocycles. The fourth-order valence-corrected chi connectivity index (χ4v) is 2.21. The Morgan fingerprint density at radius 2 is 1.80 bits per heavy atom. The van der Waals surface area contributed by atoms with Gasteiger partial charge in [-0.1, -0.05) is 30.3 Å². The number of pyridine rings is 1. The van der Waals surface area contributed by atoms with Crippen LogP contribution in [0.25, 0.3) is 11.3 Å². The van der Waals surface area contributed by atoms with Crippen LogP contribution < -0.4 is 5.32 Å². The maximum absolute atomic E-state index is 12.1. The Balaban J connectivity index is 2.12. The van der Waals surface area contributed by atoms with Gasteiger partial charge in [0.1, 0.15) is 0 Å². The summed E-state index contributed by atoms with van der Waals surface area (Å²) in [7, 11) is 1.62. The molecule has 4 heteroatoms. The number of Topliss-reactive ketones (excluding diaryl/α,β-unsaturated/α-hetero) is 1. The van der Waals surface area contributed by atoms with Crippen molar-refractivity contribution in [2.24, 2.45) is 0 Å². The zero-order valence-corrected chi connectivity index (χ0v) is 10.9. The van der Waals surface area contributed by atoms with Crippen molar-refractivity contribution in [2.75, 3.05) is 7.05 Å². The summed E-state index contributed by atoms with van der Waals surface area (Å²) in [6.07, 6.45) is 2.81. The van der Waals surface area contributed by atoms with E-state index in [0.717, 1.165) is 5.56 Å². The molecule has 0 bridgehead atoms. The highest BCUT2D eigenvalue weighted by atomic mass is 16.1. The lowest BCUT2D eigenvalue weighted by atomic mass is 9.93. The standard InChI is InChI=1S/C16H12N2O2/c1-17-14-8-15(19)11-7-13(10-5-3-2-4-6-10)18-9-12(11)16(14)20/h2-9,17H,1H3. The number of likely N-dealkylation sites (N-methyl/N-ethyl adjacent to an activating group) is 1. The average molecular weight is 264 g/mol. The maximum Gasteiger partial charge on any atom is 0.211 e. The number of nitrogens with one attached hydrogen (secondary N) is 1. The van der Waals surface area contributed by atoms with E-state index in [9.17, 15) is 9.59 Å². The van der Waals surface area contributed by atoms with Crippen LogP contribution in [-0.2, 0) is 0 Å². The van der Waals surface area contributed by atoms with E-state index in [4.69, 9.17) is 0 Å². The van der Waals surface area contributed by atoms with E-state index >= 15 is 0 Å². The number of aromatic nitrogens is 1. The number of benzene rings is 1. The Bertz CT molecular complexity index is 733.